The number of rotatable bonds is 7. The first-order valence-electron chi connectivity index (χ1n) is 10.6. The molecule has 1 amide bonds. The minimum atomic E-state index is -0.0973. The third-order valence-electron chi connectivity index (χ3n) is 7.46. The average molecular weight is 375 g/mol. The number of hydrogen-bond acceptors (Lipinski definition) is 4. The van der Waals surface area contributed by atoms with Crippen molar-refractivity contribution >= 4 is 5.91 Å². The van der Waals surface area contributed by atoms with E-state index in [2.05, 4.69) is 22.1 Å². The van der Waals surface area contributed by atoms with E-state index in [1.165, 1.54) is 44.2 Å². The highest BCUT2D eigenvalue weighted by Crippen LogP contribution is 2.63. The molecule has 150 valence electrons. The number of imidazole rings is 1. The van der Waals surface area contributed by atoms with E-state index in [0.29, 0.717) is 16.7 Å². The first-order chi connectivity index (χ1) is 13.0. The lowest BCUT2D eigenvalue weighted by molar-refractivity contribution is 0.0560. The van der Waals surface area contributed by atoms with E-state index < -0.39 is 0 Å². The monoisotopic (exact) mass is 374 g/mol. The summed E-state index contributed by atoms with van der Waals surface area (Å²) in [4.78, 5) is 19.2. The van der Waals surface area contributed by atoms with Crippen LogP contribution in [-0.4, -0.2) is 53.7 Å². The molecule has 3 aliphatic rings. The molecular formula is C21H34N4O2. The van der Waals surface area contributed by atoms with Crippen LogP contribution >= 0.6 is 0 Å². The maximum atomic E-state index is 12.0. The molecular weight excluding hydrogens is 340 g/mol. The zero-order chi connectivity index (χ0) is 19.1. The van der Waals surface area contributed by atoms with Gasteiger partial charge in [0.2, 0.25) is 0 Å². The molecule has 1 aromatic heterocycles. The van der Waals surface area contributed by atoms with Crippen LogP contribution in [0.5, 0.6) is 0 Å². The summed E-state index contributed by atoms with van der Waals surface area (Å²) in [5.74, 6) is 0.440. The van der Waals surface area contributed by atoms with E-state index in [1.54, 1.807) is 7.05 Å². The van der Waals surface area contributed by atoms with E-state index in [0.717, 1.165) is 45.0 Å². The first kappa shape index (κ1) is 18.9. The molecule has 1 aromatic rings. The number of hydrogen-bond donors (Lipinski definition) is 1. The van der Waals surface area contributed by atoms with E-state index in [9.17, 15) is 4.79 Å². The smallest absolute Gasteiger partial charge is 0.287 e. The number of nitrogens with zero attached hydrogens (tertiary/aromatic N) is 3. The molecule has 0 spiro atoms. The Morgan fingerprint density at radius 1 is 1.26 bits per heavy atom. The van der Waals surface area contributed by atoms with Crippen LogP contribution in [0.4, 0.5) is 0 Å². The Morgan fingerprint density at radius 3 is 2.70 bits per heavy atom. The van der Waals surface area contributed by atoms with Crippen LogP contribution in [0.15, 0.2) is 0 Å². The van der Waals surface area contributed by atoms with Gasteiger partial charge in [-0.3, -0.25) is 9.69 Å². The highest BCUT2D eigenvalue weighted by atomic mass is 16.5. The largest absolute Gasteiger partial charge is 0.381 e. The molecule has 2 bridgehead atoms. The fourth-order valence-electron chi connectivity index (χ4n) is 5.80. The molecule has 4 rings (SSSR count). The van der Waals surface area contributed by atoms with Crippen molar-refractivity contribution in [3.05, 3.63) is 17.2 Å². The fourth-order valence-corrected chi connectivity index (χ4v) is 5.80. The van der Waals surface area contributed by atoms with Gasteiger partial charge in [-0.25, -0.2) is 4.98 Å². The van der Waals surface area contributed by atoms with Gasteiger partial charge in [0, 0.05) is 45.9 Å². The second kappa shape index (κ2) is 7.21. The summed E-state index contributed by atoms with van der Waals surface area (Å²) in [6, 6.07) is 0. The molecule has 0 radical (unpaired) electrons. The van der Waals surface area contributed by atoms with Crippen molar-refractivity contribution in [3.8, 4) is 0 Å². The van der Waals surface area contributed by atoms with E-state index in [4.69, 9.17) is 4.74 Å². The van der Waals surface area contributed by atoms with Crippen LogP contribution in [0, 0.1) is 10.8 Å². The zero-order valence-corrected chi connectivity index (χ0v) is 17.1. The van der Waals surface area contributed by atoms with Crippen molar-refractivity contribution in [2.45, 2.75) is 58.4 Å². The van der Waals surface area contributed by atoms with Gasteiger partial charge < -0.3 is 14.6 Å². The van der Waals surface area contributed by atoms with Crippen LogP contribution in [-0.2, 0) is 24.8 Å². The molecule has 0 atom stereocenters. The lowest BCUT2D eigenvalue weighted by atomic mass is 9.80. The van der Waals surface area contributed by atoms with Crippen molar-refractivity contribution in [1.82, 2.24) is 19.8 Å². The lowest BCUT2D eigenvalue weighted by Gasteiger charge is -2.32. The van der Waals surface area contributed by atoms with Gasteiger partial charge in [0.05, 0.1) is 12.3 Å². The van der Waals surface area contributed by atoms with Gasteiger partial charge in [0.15, 0.2) is 5.82 Å². The van der Waals surface area contributed by atoms with Gasteiger partial charge in [-0.05, 0) is 62.8 Å². The predicted octanol–water partition coefficient (Wildman–Crippen LogP) is 2.51. The van der Waals surface area contributed by atoms with E-state index >= 15 is 0 Å². The third kappa shape index (κ3) is 3.42. The topological polar surface area (TPSA) is 59.4 Å². The summed E-state index contributed by atoms with van der Waals surface area (Å²) >= 11 is 0. The number of ether oxygens (including phenoxy) is 1. The second-order valence-corrected chi connectivity index (χ2v) is 9.06. The van der Waals surface area contributed by atoms with Crippen molar-refractivity contribution in [3.63, 3.8) is 0 Å². The summed E-state index contributed by atoms with van der Waals surface area (Å²) in [5.41, 5.74) is 3.34. The summed E-state index contributed by atoms with van der Waals surface area (Å²) in [6.45, 7) is 7.00. The first-order valence-corrected chi connectivity index (χ1v) is 10.6. The van der Waals surface area contributed by atoms with Crippen molar-refractivity contribution in [1.29, 1.82) is 0 Å². The maximum Gasteiger partial charge on any atom is 0.287 e. The summed E-state index contributed by atoms with van der Waals surface area (Å²) in [7, 11) is 3.62. The molecule has 1 aliphatic heterocycles. The normalized spacial score (nSPS) is 29.9. The standard InChI is InChI=1S/C21H34N4O2/c1-4-27-15-21-8-6-20(14-21,7-9-21)10-12-25-11-5-17-16(13-25)23-18(24(17)3)19(26)22-2/h4-15H2,1-3H3,(H,22,26). The second-order valence-electron chi connectivity index (χ2n) is 9.06. The van der Waals surface area contributed by atoms with Crippen molar-refractivity contribution in [2.75, 3.05) is 33.4 Å². The number of fused-ring (bicyclic) bond motifs is 3. The van der Waals surface area contributed by atoms with Gasteiger partial charge in [-0.1, -0.05) is 0 Å². The van der Waals surface area contributed by atoms with Crippen LogP contribution in [0.25, 0.3) is 0 Å². The molecule has 6 nitrogen and oxygen atoms in total. The Bertz CT molecular complexity index is 703. The highest BCUT2D eigenvalue weighted by molar-refractivity contribution is 5.90. The minimum absolute atomic E-state index is 0.0973. The Balaban J connectivity index is 1.36. The number of aromatic nitrogens is 2. The summed E-state index contributed by atoms with van der Waals surface area (Å²) < 4.78 is 7.78. The third-order valence-corrected chi connectivity index (χ3v) is 7.46. The predicted molar refractivity (Wildman–Crippen MR) is 105 cm³/mol. The number of amides is 1. The van der Waals surface area contributed by atoms with Crippen molar-refractivity contribution in [2.24, 2.45) is 17.9 Å². The minimum Gasteiger partial charge on any atom is -0.381 e. The van der Waals surface area contributed by atoms with E-state index in [-0.39, 0.29) is 5.91 Å². The zero-order valence-electron chi connectivity index (χ0n) is 17.1. The molecule has 6 heteroatoms. The van der Waals surface area contributed by atoms with Crippen LogP contribution in [0.3, 0.4) is 0 Å². The Kier molecular flexibility index (Phi) is 5.06. The van der Waals surface area contributed by atoms with Gasteiger partial charge >= 0.3 is 0 Å². The maximum absolute atomic E-state index is 12.0. The number of carbonyl (C=O) groups is 1. The number of carbonyl (C=O) groups excluding carboxylic acids is 1. The van der Waals surface area contributed by atoms with Gasteiger partial charge in [-0.2, -0.15) is 0 Å². The summed E-state index contributed by atoms with van der Waals surface area (Å²) in [6.07, 6.45) is 9.11. The molecule has 2 aliphatic carbocycles. The Morgan fingerprint density at radius 2 is 2.00 bits per heavy atom. The van der Waals surface area contributed by atoms with Gasteiger partial charge in [0.1, 0.15) is 0 Å². The lowest BCUT2D eigenvalue weighted by Crippen LogP contribution is -2.34. The Hall–Kier alpha value is -1.40. The molecule has 0 saturated heterocycles. The Labute approximate surface area is 162 Å². The molecule has 0 unspecified atom stereocenters. The molecule has 0 aromatic carbocycles. The van der Waals surface area contributed by atoms with Gasteiger partial charge in [0.25, 0.3) is 5.91 Å². The molecule has 2 heterocycles. The molecule has 27 heavy (non-hydrogen) atoms. The van der Waals surface area contributed by atoms with Crippen molar-refractivity contribution < 1.29 is 9.53 Å². The SMILES string of the molecule is CCOCC12CCC(CCN3CCc4c(nc(C(=O)NC)n4C)C3)(CC1)C2. The van der Waals surface area contributed by atoms with E-state index in [1.807, 2.05) is 11.6 Å². The molecule has 2 fully saturated rings. The fraction of sp³-hybridized carbons (Fsp3) is 0.810. The van der Waals surface area contributed by atoms with Crippen LogP contribution in [0.1, 0.15) is 67.5 Å². The average Bonchev–Trinajstić information content (AvgIpc) is 3.35. The van der Waals surface area contributed by atoms with Crippen LogP contribution in [0.2, 0.25) is 0 Å². The highest BCUT2D eigenvalue weighted by Gasteiger charge is 2.53. The number of nitrogens with one attached hydrogen (secondary N) is 1. The summed E-state index contributed by atoms with van der Waals surface area (Å²) in [5, 5.41) is 2.69. The van der Waals surface area contributed by atoms with Gasteiger partial charge in [-0.15, -0.1) is 0 Å². The molecule has 2 saturated carbocycles. The van der Waals surface area contributed by atoms with Crippen LogP contribution < -0.4 is 5.32 Å². The molecule has 1 N–H and O–H groups in total. The quantitative estimate of drug-likeness (QED) is 0.797.